The van der Waals surface area contributed by atoms with Gasteiger partial charge in [0.25, 0.3) is 0 Å². The van der Waals surface area contributed by atoms with Gasteiger partial charge in [0.05, 0.1) is 4.90 Å². The van der Waals surface area contributed by atoms with Gasteiger partial charge in [0.1, 0.15) is 6.29 Å². The van der Waals surface area contributed by atoms with Gasteiger partial charge in [-0.3, -0.25) is 0 Å². The quantitative estimate of drug-likeness (QED) is 0.745. The summed E-state index contributed by atoms with van der Waals surface area (Å²) in [5, 5.41) is 0. The molecule has 5 nitrogen and oxygen atoms in total. The highest BCUT2D eigenvalue weighted by atomic mass is 32.2. The van der Waals surface area contributed by atoms with Crippen molar-refractivity contribution in [3.63, 3.8) is 0 Å². The van der Waals surface area contributed by atoms with E-state index in [4.69, 9.17) is 0 Å². The van der Waals surface area contributed by atoms with Crippen molar-refractivity contribution in [2.75, 3.05) is 13.1 Å². The third-order valence-electron chi connectivity index (χ3n) is 3.06. The standard InChI is InChI=1S/C11H16N2O3S/c1-12-6-4-11(8-12)17(15,16)13-5-2-3-10(7-13)9-14/h4,6,8-10H,2-3,5,7H2,1H3. The first-order valence-electron chi connectivity index (χ1n) is 5.61. The molecule has 17 heavy (non-hydrogen) atoms. The van der Waals surface area contributed by atoms with Crippen LogP contribution in [0.25, 0.3) is 0 Å². The van der Waals surface area contributed by atoms with E-state index in [1.54, 1.807) is 30.1 Å². The fraction of sp³-hybridized carbons (Fsp3) is 0.545. The molecule has 0 aromatic carbocycles. The van der Waals surface area contributed by atoms with Gasteiger partial charge in [0, 0.05) is 38.4 Å². The number of nitrogens with zero attached hydrogens (tertiary/aromatic N) is 2. The Morgan fingerprint density at radius 2 is 2.24 bits per heavy atom. The SMILES string of the molecule is Cn1ccc(S(=O)(=O)N2CCCC(C=O)C2)c1. The van der Waals surface area contributed by atoms with Gasteiger partial charge in [-0.05, 0) is 18.9 Å². The summed E-state index contributed by atoms with van der Waals surface area (Å²) in [6.07, 6.45) is 5.67. The molecule has 2 heterocycles. The normalized spacial score (nSPS) is 22.5. The lowest BCUT2D eigenvalue weighted by molar-refractivity contribution is -0.112. The zero-order valence-electron chi connectivity index (χ0n) is 9.74. The van der Waals surface area contributed by atoms with Crippen LogP contribution in [0, 0.1) is 5.92 Å². The summed E-state index contributed by atoms with van der Waals surface area (Å²) >= 11 is 0. The molecule has 0 radical (unpaired) electrons. The Bertz CT molecular complexity index is 507. The minimum atomic E-state index is -3.43. The predicted molar refractivity (Wildman–Crippen MR) is 63.0 cm³/mol. The molecule has 94 valence electrons. The Morgan fingerprint density at radius 1 is 1.47 bits per heavy atom. The summed E-state index contributed by atoms with van der Waals surface area (Å²) in [5.41, 5.74) is 0. The van der Waals surface area contributed by atoms with Crippen LogP contribution < -0.4 is 0 Å². The van der Waals surface area contributed by atoms with Crippen LogP contribution >= 0.6 is 0 Å². The molecule has 0 saturated carbocycles. The Kier molecular flexibility index (Phi) is 3.35. The highest BCUT2D eigenvalue weighted by molar-refractivity contribution is 7.89. The second-order valence-electron chi connectivity index (χ2n) is 4.41. The average molecular weight is 256 g/mol. The van der Waals surface area contributed by atoms with Crippen LogP contribution in [0.1, 0.15) is 12.8 Å². The molecular formula is C11H16N2O3S. The molecule has 2 rings (SSSR count). The van der Waals surface area contributed by atoms with Crippen molar-refractivity contribution < 1.29 is 13.2 Å². The predicted octanol–water partition coefficient (Wildman–Crippen LogP) is 0.625. The lowest BCUT2D eigenvalue weighted by atomic mass is 10.0. The molecule has 0 N–H and O–H groups in total. The lowest BCUT2D eigenvalue weighted by Crippen LogP contribution is -2.40. The minimum absolute atomic E-state index is 0.165. The van der Waals surface area contributed by atoms with Crippen LogP contribution in [0.3, 0.4) is 0 Å². The molecule has 0 bridgehead atoms. The highest BCUT2D eigenvalue weighted by Crippen LogP contribution is 2.22. The van der Waals surface area contributed by atoms with E-state index >= 15 is 0 Å². The smallest absolute Gasteiger partial charge is 0.244 e. The Hall–Kier alpha value is -1.14. The molecule has 1 fully saturated rings. The molecule has 1 saturated heterocycles. The van der Waals surface area contributed by atoms with Crippen molar-refractivity contribution in [1.82, 2.24) is 8.87 Å². The number of aldehydes is 1. The summed E-state index contributed by atoms with van der Waals surface area (Å²) in [4.78, 5) is 11.0. The van der Waals surface area contributed by atoms with Gasteiger partial charge in [-0.25, -0.2) is 8.42 Å². The van der Waals surface area contributed by atoms with Gasteiger partial charge in [-0.15, -0.1) is 0 Å². The molecular weight excluding hydrogens is 240 g/mol. The van der Waals surface area contributed by atoms with E-state index in [2.05, 4.69) is 0 Å². The molecule has 0 amide bonds. The number of aromatic nitrogens is 1. The number of hydrogen-bond donors (Lipinski definition) is 0. The first kappa shape index (κ1) is 12.3. The van der Waals surface area contributed by atoms with Crippen molar-refractivity contribution in [1.29, 1.82) is 0 Å². The Balaban J connectivity index is 2.23. The van der Waals surface area contributed by atoms with Crippen molar-refractivity contribution in [3.05, 3.63) is 18.5 Å². The van der Waals surface area contributed by atoms with Crippen LogP contribution in [-0.4, -0.2) is 36.7 Å². The number of rotatable bonds is 3. The van der Waals surface area contributed by atoms with E-state index in [0.717, 1.165) is 19.1 Å². The van der Waals surface area contributed by atoms with Gasteiger partial charge in [0.15, 0.2) is 0 Å². The van der Waals surface area contributed by atoms with Crippen LogP contribution in [0.15, 0.2) is 23.4 Å². The summed E-state index contributed by atoms with van der Waals surface area (Å²) in [6, 6.07) is 1.58. The van der Waals surface area contributed by atoms with Gasteiger partial charge < -0.3 is 9.36 Å². The first-order chi connectivity index (χ1) is 8.04. The van der Waals surface area contributed by atoms with Crippen LogP contribution in [0.2, 0.25) is 0 Å². The van der Waals surface area contributed by atoms with E-state index in [0.29, 0.717) is 18.0 Å². The molecule has 1 aromatic heterocycles. The number of piperidine rings is 1. The van der Waals surface area contributed by atoms with E-state index in [9.17, 15) is 13.2 Å². The van der Waals surface area contributed by atoms with Gasteiger partial charge in [-0.2, -0.15) is 4.31 Å². The summed E-state index contributed by atoms with van der Waals surface area (Å²) in [5.74, 6) is -0.165. The number of carbonyl (C=O) groups is 1. The summed E-state index contributed by atoms with van der Waals surface area (Å²) in [6.45, 7) is 0.808. The van der Waals surface area contributed by atoms with E-state index < -0.39 is 10.0 Å². The Labute approximate surface area is 101 Å². The minimum Gasteiger partial charge on any atom is -0.356 e. The van der Waals surface area contributed by atoms with Gasteiger partial charge in [-0.1, -0.05) is 0 Å². The highest BCUT2D eigenvalue weighted by Gasteiger charge is 2.30. The van der Waals surface area contributed by atoms with E-state index in [-0.39, 0.29) is 5.92 Å². The fourth-order valence-electron chi connectivity index (χ4n) is 2.08. The van der Waals surface area contributed by atoms with Crippen molar-refractivity contribution >= 4 is 16.3 Å². The molecule has 0 aliphatic carbocycles. The molecule has 0 spiro atoms. The zero-order chi connectivity index (χ0) is 12.5. The third-order valence-corrected chi connectivity index (χ3v) is 4.90. The van der Waals surface area contributed by atoms with Crippen LogP contribution in [0.4, 0.5) is 0 Å². The molecule has 1 aliphatic rings. The number of sulfonamides is 1. The second-order valence-corrected chi connectivity index (χ2v) is 6.35. The maximum atomic E-state index is 12.3. The zero-order valence-corrected chi connectivity index (χ0v) is 10.6. The van der Waals surface area contributed by atoms with Gasteiger partial charge in [0.2, 0.25) is 10.0 Å². The van der Waals surface area contributed by atoms with Crippen molar-refractivity contribution in [2.45, 2.75) is 17.7 Å². The summed E-state index contributed by atoms with van der Waals surface area (Å²) in [7, 11) is -1.65. The summed E-state index contributed by atoms with van der Waals surface area (Å²) < 4.78 is 27.6. The molecule has 1 aliphatic heterocycles. The number of aryl methyl sites for hydroxylation is 1. The average Bonchev–Trinajstić information content (AvgIpc) is 2.76. The monoisotopic (exact) mass is 256 g/mol. The number of hydrogen-bond acceptors (Lipinski definition) is 3. The molecule has 1 unspecified atom stereocenters. The van der Waals surface area contributed by atoms with Gasteiger partial charge >= 0.3 is 0 Å². The molecule has 1 aromatic rings. The molecule has 6 heteroatoms. The fourth-order valence-corrected chi connectivity index (χ4v) is 3.67. The number of carbonyl (C=O) groups excluding carboxylic acids is 1. The maximum Gasteiger partial charge on any atom is 0.244 e. The second kappa shape index (κ2) is 4.62. The molecule has 1 atom stereocenters. The third kappa shape index (κ3) is 2.42. The lowest BCUT2D eigenvalue weighted by Gasteiger charge is -2.28. The van der Waals surface area contributed by atoms with E-state index in [1.807, 2.05) is 0 Å². The topological polar surface area (TPSA) is 59.4 Å². The van der Waals surface area contributed by atoms with Crippen molar-refractivity contribution in [3.8, 4) is 0 Å². The largest absolute Gasteiger partial charge is 0.356 e. The Morgan fingerprint density at radius 3 is 2.82 bits per heavy atom. The van der Waals surface area contributed by atoms with Crippen molar-refractivity contribution in [2.24, 2.45) is 13.0 Å². The van der Waals surface area contributed by atoms with Crippen LogP contribution in [-0.2, 0) is 21.9 Å². The van der Waals surface area contributed by atoms with E-state index in [1.165, 1.54) is 4.31 Å². The first-order valence-corrected chi connectivity index (χ1v) is 7.05. The maximum absolute atomic E-state index is 12.3. The van der Waals surface area contributed by atoms with Crippen LogP contribution in [0.5, 0.6) is 0 Å².